The highest BCUT2D eigenvalue weighted by Crippen LogP contribution is 2.51. The van der Waals surface area contributed by atoms with Crippen LogP contribution < -0.4 is 10.1 Å². The quantitative estimate of drug-likeness (QED) is 0.775. The number of nitrogens with zero attached hydrogens (tertiary/aromatic N) is 1. The van der Waals surface area contributed by atoms with Crippen LogP contribution in [0.3, 0.4) is 0 Å². The Kier molecular flexibility index (Phi) is 4.76. The van der Waals surface area contributed by atoms with E-state index in [2.05, 4.69) is 5.32 Å². The number of nitrogens with one attached hydrogen (secondary N) is 1. The zero-order valence-corrected chi connectivity index (χ0v) is 15.0. The van der Waals surface area contributed by atoms with Gasteiger partial charge in [0.2, 0.25) is 5.89 Å². The highest BCUT2D eigenvalue weighted by molar-refractivity contribution is 5.74. The van der Waals surface area contributed by atoms with E-state index in [9.17, 15) is 9.18 Å². The standard InChI is InChI=1S/C20H23FN2O4/c21-10-14(11-22-19(24)25)12-26-15-1-2-16-17(9-15)27-18(23-16)20-6-3-13(4-7-20)5-8-20/h1-2,9-10,13,22H,3-8,11-12H2,(H,24,25)/b14-10+. The second-order valence-electron chi connectivity index (χ2n) is 7.63. The van der Waals surface area contributed by atoms with Gasteiger partial charge in [-0.1, -0.05) is 0 Å². The van der Waals surface area contributed by atoms with Gasteiger partial charge in [-0.05, 0) is 56.6 Å². The van der Waals surface area contributed by atoms with Crippen molar-refractivity contribution in [2.75, 3.05) is 13.2 Å². The normalized spacial score (nSPS) is 24.9. The fraction of sp³-hybridized carbons (Fsp3) is 0.500. The first-order valence-corrected chi connectivity index (χ1v) is 9.37. The van der Waals surface area contributed by atoms with Crippen molar-refractivity contribution >= 4 is 17.2 Å². The summed E-state index contributed by atoms with van der Waals surface area (Å²) in [5.41, 5.74) is 1.75. The van der Waals surface area contributed by atoms with E-state index in [0.717, 1.165) is 36.6 Å². The van der Waals surface area contributed by atoms with Gasteiger partial charge in [-0.3, -0.25) is 0 Å². The summed E-state index contributed by atoms with van der Waals surface area (Å²) in [4.78, 5) is 15.2. The van der Waals surface area contributed by atoms with Crippen molar-refractivity contribution in [1.82, 2.24) is 10.3 Å². The first-order chi connectivity index (χ1) is 13.1. The lowest BCUT2D eigenvalue weighted by Gasteiger charge is -2.44. The Bertz CT molecular complexity index is 854. The van der Waals surface area contributed by atoms with E-state index in [1.807, 2.05) is 6.07 Å². The molecule has 2 N–H and O–H groups in total. The third kappa shape index (κ3) is 3.63. The summed E-state index contributed by atoms with van der Waals surface area (Å²) in [6.07, 6.45) is 6.38. The summed E-state index contributed by atoms with van der Waals surface area (Å²) in [6, 6.07) is 5.37. The van der Waals surface area contributed by atoms with Gasteiger partial charge >= 0.3 is 6.09 Å². The number of halogens is 1. The third-order valence-corrected chi connectivity index (χ3v) is 5.95. The Hall–Kier alpha value is -2.57. The van der Waals surface area contributed by atoms with Gasteiger partial charge in [0, 0.05) is 23.6 Å². The lowest BCUT2D eigenvalue weighted by atomic mass is 9.60. The average molecular weight is 374 g/mol. The molecule has 0 aliphatic heterocycles. The molecule has 5 rings (SSSR count). The fourth-order valence-corrected chi connectivity index (χ4v) is 4.28. The van der Waals surface area contributed by atoms with Crippen molar-refractivity contribution in [3.05, 3.63) is 36.0 Å². The summed E-state index contributed by atoms with van der Waals surface area (Å²) in [7, 11) is 0. The van der Waals surface area contributed by atoms with Crippen LogP contribution in [0.25, 0.3) is 11.1 Å². The number of fused-ring (bicyclic) bond motifs is 4. The number of amides is 1. The summed E-state index contributed by atoms with van der Waals surface area (Å²) in [5, 5.41) is 10.7. The summed E-state index contributed by atoms with van der Waals surface area (Å²) in [6.45, 7) is -0.168. The molecule has 0 saturated heterocycles. The van der Waals surface area contributed by atoms with Gasteiger partial charge in [0.1, 0.15) is 17.9 Å². The molecule has 1 aromatic heterocycles. The molecule has 0 unspecified atom stereocenters. The number of carboxylic acid groups (broad SMARTS) is 1. The van der Waals surface area contributed by atoms with Gasteiger partial charge < -0.3 is 19.6 Å². The predicted octanol–water partition coefficient (Wildman–Crippen LogP) is 4.55. The van der Waals surface area contributed by atoms with Gasteiger partial charge in [0.15, 0.2) is 5.58 Å². The van der Waals surface area contributed by atoms with Crippen molar-refractivity contribution in [2.24, 2.45) is 5.92 Å². The van der Waals surface area contributed by atoms with Crippen molar-refractivity contribution in [3.8, 4) is 5.75 Å². The second-order valence-corrected chi connectivity index (χ2v) is 7.63. The molecule has 1 aromatic carbocycles. The highest BCUT2D eigenvalue weighted by atomic mass is 19.1. The average Bonchev–Trinajstić information content (AvgIpc) is 3.14. The fourth-order valence-electron chi connectivity index (χ4n) is 4.28. The Labute approximate surface area is 156 Å². The van der Waals surface area contributed by atoms with Crippen LogP contribution in [0.5, 0.6) is 5.75 Å². The van der Waals surface area contributed by atoms with E-state index in [1.165, 1.54) is 19.3 Å². The van der Waals surface area contributed by atoms with Crippen LogP contribution in [0.1, 0.15) is 44.4 Å². The Morgan fingerprint density at radius 2 is 2.11 bits per heavy atom. The van der Waals surface area contributed by atoms with Crippen LogP contribution in [-0.2, 0) is 5.41 Å². The smallest absolute Gasteiger partial charge is 0.404 e. The molecule has 0 atom stereocenters. The van der Waals surface area contributed by atoms with Crippen LogP contribution >= 0.6 is 0 Å². The van der Waals surface area contributed by atoms with Crippen LogP contribution in [0.15, 0.2) is 34.5 Å². The SMILES string of the molecule is O=C(O)NC/C(=C\F)COc1ccc2nc(C34CCC(CC3)CC4)oc2c1. The molecule has 0 spiro atoms. The zero-order chi connectivity index (χ0) is 18.9. The molecule has 1 amide bonds. The van der Waals surface area contributed by atoms with Gasteiger partial charge in [0.25, 0.3) is 0 Å². The Morgan fingerprint density at radius 3 is 2.78 bits per heavy atom. The lowest BCUT2D eigenvalue weighted by molar-refractivity contribution is 0.112. The predicted molar refractivity (Wildman–Crippen MR) is 97.6 cm³/mol. The number of carbonyl (C=O) groups is 1. The maximum absolute atomic E-state index is 12.9. The largest absolute Gasteiger partial charge is 0.489 e. The van der Waals surface area contributed by atoms with Crippen molar-refractivity contribution in [1.29, 1.82) is 0 Å². The number of rotatable bonds is 6. The minimum atomic E-state index is -1.21. The van der Waals surface area contributed by atoms with Gasteiger partial charge in [-0.15, -0.1) is 0 Å². The maximum Gasteiger partial charge on any atom is 0.404 e. The Morgan fingerprint density at radius 1 is 1.37 bits per heavy atom. The van der Waals surface area contributed by atoms with Crippen molar-refractivity contribution < 1.29 is 23.4 Å². The molecule has 3 aliphatic rings. The molecule has 7 heteroatoms. The van der Waals surface area contributed by atoms with Gasteiger partial charge in [-0.25, -0.2) is 14.2 Å². The minimum Gasteiger partial charge on any atom is -0.489 e. The molecule has 0 radical (unpaired) electrons. The molecule has 3 fully saturated rings. The molecule has 144 valence electrons. The number of ether oxygens (including phenoxy) is 1. The molecule has 2 aromatic rings. The Balaban J connectivity index is 1.47. The van der Waals surface area contributed by atoms with E-state index in [1.54, 1.807) is 12.1 Å². The minimum absolute atomic E-state index is 0.0470. The summed E-state index contributed by atoms with van der Waals surface area (Å²) >= 11 is 0. The van der Waals surface area contributed by atoms with E-state index in [0.29, 0.717) is 17.7 Å². The molecular formula is C20H23FN2O4. The third-order valence-electron chi connectivity index (χ3n) is 5.95. The molecule has 3 aliphatic carbocycles. The number of hydrogen-bond donors (Lipinski definition) is 2. The van der Waals surface area contributed by atoms with Gasteiger partial charge in [-0.2, -0.15) is 0 Å². The zero-order valence-electron chi connectivity index (χ0n) is 15.0. The van der Waals surface area contributed by atoms with Gasteiger partial charge in [0.05, 0.1) is 6.33 Å². The van der Waals surface area contributed by atoms with Crippen molar-refractivity contribution in [2.45, 2.75) is 43.9 Å². The van der Waals surface area contributed by atoms with E-state index in [4.69, 9.17) is 19.2 Å². The van der Waals surface area contributed by atoms with Crippen LogP contribution in [0.2, 0.25) is 0 Å². The summed E-state index contributed by atoms with van der Waals surface area (Å²) < 4.78 is 24.5. The van der Waals surface area contributed by atoms with E-state index < -0.39 is 6.09 Å². The number of hydrogen-bond acceptors (Lipinski definition) is 4. The van der Waals surface area contributed by atoms with E-state index >= 15 is 0 Å². The summed E-state index contributed by atoms with van der Waals surface area (Å²) in [5.74, 6) is 2.25. The first kappa shape index (κ1) is 17.8. The molecule has 27 heavy (non-hydrogen) atoms. The maximum atomic E-state index is 12.9. The van der Waals surface area contributed by atoms with Crippen LogP contribution in [0.4, 0.5) is 9.18 Å². The number of aromatic nitrogens is 1. The highest BCUT2D eigenvalue weighted by Gasteiger charge is 2.45. The first-order valence-electron chi connectivity index (χ1n) is 9.37. The number of oxazole rings is 1. The number of benzene rings is 1. The van der Waals surface area contributed by atoms with Crippen molar-refractivity contribution in [3.63, 3.8) is 0 Å². The van der Waals surface area contributed by atoms with Crippen LogP contribution in [0, 0.1) is 5.92 Å². The molecule has 6 nitrogen and oxygen atoms in total. The lowest BCUT2D eigenvalue weighted by Crippen LogP contribution is -2.37. The topological polar surface area (TPSA) is 84.6 Å². The molecular weight excluding hydrogens is 351 g/mol. The molecule has 3 saturated carbocycles. The second kappa shape index (κ2) is 7.21. The molecule has 2 bridgehead atoms. The monoisotopic (exact) mass is 374 g/mol. The molecule has 1 heterocycles. The van der Waals surface area contributed by atoms with E-state index in [-0.39, 0.29) is 24.1 Å². The van der Waals surface area contributed by atoms with Crippen LogP contribution in [-0.4, -0.2) is 29.3 Å².